The van der Waals surface area contributed by atoms with Crippen molar-refractivity contribution in [2.45, 2.75) is 33.6 Å². The number of carbonyl (C=O) groups is 1. The maximum atomic E-state index is 11.4. The second kappa shape index (κ2) is 6.26. The SMILES string of the molecule is CCN(c1nc(C(C)C)c(C(=O)O)s1)c1ccccc1C. The van der Waals surface area contributed by atoms with E-state index in [1.54, 1.807) is 0 Å². The lowest BCUT2D eigenvalue weighted by molar-refractivity contribution is 0.0700. The molecule has 2 aromatic rings. The summed E-state index contributed by atoms with van der Waals surface area (Å²) in [6, 6.07) is 8.07. The molecule has 21 heavy (non-hydrogen) atoms. The monoisotopic (exact) mass is 304 g/mol. The first-order valence-electron chi connectivity index (χ1n) is 7.02. The zero-order valence-electron chi connectivity index (χ0n) is 12.8. The summed E-state index contributed by atoms with van der Waals surface area (Å²) in [6.45, 7) is 8.77. The molecule has 0 saturated carbocycles. The van der Waals surface area contributed by atoms with Crippen LogP contribution in [0.1, 0.15) is 47.6 Å². The van der Waals surface area contributed by atoms with Crippen LogP contribution in [-0.4, -0.2) is 22.6 Å². The van der Waals surface area contributed by atoms with Crippen LogP contribution >= 0.6 is 11.3 Å². The van der Waals surface area contributed by atoms with E-state index in [9.17, 15) is 9.90 Å². The number of anilines is 2. The molecule has 112 valence electrons. The van der Waals surface area contributed by atoms with Crippen molar-refractivity contribution in [1.82, 2.24) is 4.98 Å². The number of aromatic carboxylic acids is 1. The molecule has 0 spiro atoms. The van der Waals surface area contributed by atoms with E-state index >= 15 is 0 Å². The van der Waals surface area contributed by atoms with Crippen molar-refractivity contribution < 1.29 is 9.90 Å². The van der Waals surface area contributed by atoms with E-state index in [4.69, 9.17) is 0 Å². The maximum Gasteiger partial charge on any atom is 0.347 e. The molecule has 0 aliphatic carbocycles. The lowest BCUT2D eigenvalue weighted by Crippen LogP contribution is -2.16. The number of nitrogens with zero attached hydrogens (tertiary/aromatic N) is 2. The van der Waals surface area contributed by atoms with Gasteiger partial charge in [0, 0.05) is 12.2 Å². The van der Waals surface area contributed by atoms with Crippen molar-refractivity contribution >= 4 is 28.1 Å². The Morgan fingerprint density at radius 2 is 2.05 bits per heavy atom. The fourth-order valence-electron chi connectivity index (χ4n) is 2.26. The number of rotatable bonds is 5. The minimum Gasteiger partial charge on any atom is -0.477 e. The maximum absolute atomic E-state index is 11.4. The third-order valence-corrected chi connectivity index (χ3v) is 4.42. The second-order valence-electron chi connectivity index (χ2n) is 5.20. The van der Waals surface area contributed by atoms with Crippen LogP contribution in [0.4, 0.5) is 10.8 Å². The molecule has 0 aliphatic heterocycles. The molecular weight excluding hydrogens is 284 g/mol. The van der Waals surface area contributed by atoms with Crippen molar-refractivity contribution in [3.8, 4) is 0 Å². The van der Waals surface area contributed by atoms with E-state index in [2.05, 4.69) is 9.88 Å². The smallest absolute Gasteiger partial charge is 0.347 e. The van der Waals surface area contributed by atoms with Crippen LogP contribution in [-0.2, 0) is 0 Å². The number of aryl methyl sites for hydroxylation is 1. The number of carboxylic acid groups (broad SMARTS) is 1. The number of hydrogen-bond acceptors (Lipinski definition) is 4. The van der Waals surface area contributed by atoms with Gasteiger partial charge in [-0.25, -0.2) is 9.78 Å². The molecular formula is C16H20N2O2S. The molecule has 0 aliphatic rings. The van der Waals surface area contributed by atoms with E-state index in [1.807, 2.05) is 52.0 Å². The summed E-state index contributed by atoms with van der Waals surface area (Å²) in [5, 5.41) is 10.1. The Morgan fingerprint density at radius 1 is 1.38 bits per heavy atom. The number of para-hydroxylation sites is 1. The average Bonchev–Trinajstić information content (AvgIpc) is 2.87. The first kappa shape index (κ1) is 15.5. The van der Waals surface area contributed by atoms with Gasteiger partial charge in [-0.1, -0.05) is 43.4 Å². The molecule has 0 saturated heterocycles. The van der Waals surface area contributed by atoms with Crippen LogP contribution in [0.5, 0.6) is 0 Å². The Labute approximate surface area is 129 Å². The van der Waals surface area contributed by atoms with E-state index < -0.39 is 5.97 Å². The topological polar surface area (TPSA) is 53.4 Å². The molecule has 0 unspecified atom stereocenters. The summed E-state index contributed by atoms with van der Waals surface area (Å²) in [4.78, 5) is 18.4. The van der Waals surface area contributed by atoms with Gasteiger partial charge in [-0.05, 0) is 31.4 Å². The highest BCUT2D eigenvalue weighted by atomic mass is 32.1. The Bertz CT molecular complexity index is 649. The normalized spacial score (nSPS) is 10.9. The zero-order chi connectivity index (χ0) is 15.6. The van der Waals surface area contributed by atoms with Gasteiger partial charge in [0.15, 0.2) is 5.13 Å². The van der Waals surface area contributed by atoms with E-state index in [0.717, 1.165) is 22.9 Å². The zero-order valence-corrected chi connectivity index (χ0v) is 13.6. The summed E-state index contributed by atoms with van der Waals surface area (Å²) in [7, 11) is 0. The summed E-state index contributed by atoms with van der Waals surface area (Å²) in [6.07, 6.45) is 0. The summed E-state index contributed by atoms with van der Waals surface area (Å²) in [5.41, 5.74) is 2.88. The summed E-state index contributed by atoms with van der Waals surface area (Å²) in [5.74, 6) is -0.806. The van der Waals surface area contributed by atoms with E-state index in [-0.39, 0.29) is 5.92 Å². The standard InChI is InChI=1S/C16H20N2O2S/c1-5-18(12-9-7-6-8-11(12)4)16-17-13(10(2)3)14(21-16)15(19)20/h6-10H,5H2,1-4H3,(H,19,20). The minimum absolute atomic E-state index is 0.0941. The predicted molar refractivity (Wildman–Crippen MR) is 87.0 cm³/mol. The van der Waals surface area contributed by atoms with Gasteiger partial charge in [-0.2, -0.15) is 0 Å². The Kier molecular flexibility index (Phi) is 4.63. The molecule has 0 bridgehead atoms. The van der Waals surface area contributed by atoms with Crippen molar-refractivity contribution in [2.75, 3.05) is 11.4 Å². The average molecular weight is 304 g/mol. The molecule has 0 radical (unpaired) electrons. The first-order chi connectivity index (χ1) is 9.95. The van der Waals surface area contributed by atoms with Gasteiger partial charge in [-0.3, -0.25) is 0 Å². The largest absolute Gasteiger partial charge is 0.477 e. The molecule has 2 rings (SSSR count). The van der Waals surface area contributed by atoms with Gasteiger partial charge in [0.1, 0.15) is 4.88 Å². The van der Waals surface area contributed by atoms with E-state index in [1.165, 1.54) is 11.3 Å². The Hall–Kier alpha value is -1.88. The van der Waals surface area contributed by atoms with Crippen LogP contribution in [0.25, 0.3) is 0 Å². The summed E-state index contributed by atoms with van der Waals surface area (Å²) >= 11 is 1.25. The molecule has 0 amide bonds. The predicted octanol–water partition coefficient (Wildman–Crippen LogP) is 4.43. The fraction of sp³-hybridized carbons (Fsp3) is 0.375. The second-order valence-corrected chi connectivity index (χ2v) is 6.18. The number of aromatic nitrogens is 1. The van der Waals surface area contributed by atoms with Gasteiger partial charge in [-0.15, -0.1) is 0 Å². The van der Waals surface area contributed by atoms with E-state index in [0.29, 0.717) is 10.6 Å². The lowest BCUT2D eigenvalue weighted by Gasteiger charge is -2.21. The van der Waals surface area contributed by atoms with Gasteiger partial charge in [0.05, 0.1) is 5.69 Å². The van der Waals surface area contributed by atoms with Crippen molar-refractivity contribution in [2.24, 2.45) is 0 Å². The Balaban J connectivity index is 2.51. The minimum atomic E-state index is -0.900. The van der Waals surface area contributed by atoms with Gasteiger partial charge < -0.3 is 10.0 Å². The van der Waals surface area contributed by atoms with Gasteiger partial charge >= 0.3 is 5.97 Å². The molecule has 0 atom stereocenters. The van der Waals surface area contributed by atoms with Crippen molar-refractivity contribution in [1.29, 1.82) is 0 Å². The van der Waals surface area contributed by atoms with Crippen LogP contribution in [0, 0.1) is 6.92 Å². The lowest BCUT2D eigenvalue weighted by atomic mass is 10.1. The highest BCUT2D eigenvalue weighted by molar-refractivity contribution is 7.17. The van der Waals surface area contributed by atoms with Crippen LogP contribution in [0.15, 0.2) is 24.3 Å². The first-order valence-corrected chi connectivity index (χ1v) is 7.84. The molecule has 1 heterocycles. The van der Waals surface area contributed by atoms with Crippen LogP contribution < -0.4 is 4.90 Å². The fourth-order valence-corrected chi connectivity index (χ4v) is 3.39. The van der Waals surface area contributed by atoms with Crippen LogP contribution in [0.2, 0.25) is 0 Å². The molecule has 1 aromatic heterocycles. The number of benzene rings is 1. The van der Waals surface area contributed by atoms with Crippen LogP contribution in [0.3, 0.4) is 0 Å². The summed E-state index contributed by atoms with van der Waals surface area (Å²) < 4.78 is 0. The molecule has 1 aromatic carbocycles. The number of carboxylic acids is 1. The highest BCUT2D eigenvalue weighted by Gasteiger charge is 2.23. The van der Waals surface area contributed by atoms with Gasteiger partial charge in [0.25, 0.3) is 0 Å². The molecule has 4 nitrogen and oxygen atoms in total. The third kappa shape index (κ3) is 3.08. The van der Waals surface area contributed by atoms with Crippen molar-refractivity contribution in [3.63, 3.8) is 0 Å². The molecule has 5 heteroatoms. The van der Waals surface area contributed by atoms with Crippen molar-refractivity contribution in [3.05, 3.63) is 40.4 Å². The number of thiazole rings is 1. The quantitative estimate of drug-likeness (QED) is 0.887. The molecule has 0 fully saturated rings. The van der Waals surface area contributed by atoms with Gasteiger partial charge in [0.2, 0.25) is 0 Å². The Morgan fingerprint density at radius 3 is 2.52 bits per heavy atom. The highest BCUT2D eigenvalue weighted by Crippen LogP contribution is 2.35. The number of hydrogen-bond donors (Lipinski definition) is 1. The molecule has 1 N–H and O–H groups in total. The third-order valence-electron chi connectivity index (χ3n) is 3.34.